The standard InChI is InChI=1S/C24H27ClN4O4/c1-27-6-8-28(9-7-27)20-4-2-17(25)13-19(20)26-24(31)16-12-23(30)29(15-16)18-3-5-21-22(14-18)33-11-10-32-21/h2-5,13-14,16H,6-12,15H2,1H3,(H,26,31)/t16-/m1/s1. The van der Waals surface area contributed by atoms with Gasteiger partial charge in [-0.2, -0.15) is 0 Å². The molecule has 0 spiro atoms. The van der Waals surface area contributed by atoms with Gasteiger partial charge < -0.3 is 29.5 Å². The summed E-state index contributed by atoms with van der Waals surface area (Å²) in [4.78, 5) is 32.1. The second-order valence-corrected chi connectivity index (χ2v) is 9.11. The molecule has 3 heterocycles. The summed E-state index contributed by atoms with van der Waals surface area (Å²) in [5.41, 5.74) is 2.34. The van der Waals surface area contributed by atoms with Crippen molar-refractivity contribution >= 4 is 40.5 Å². The number of ether oxygens (including phenoxy) is 2. The molecule has 5 rings (SSSR count). The Bertz CT molecular complexity index is 1070. The minimum atomic E-state index is -0.454. The van der Waals surface area contributed by atoms with E-state index in [9.17, 15) is 9.59 Å². The van der Waals surface area contributed by atoms with Crippen molar-refractivity contribution in [3.63, 3.8) is 0 Å². The first-order chi connectivity index (χ1) is 16.0. The number of hydrogen-bond donors (Lipinski definition) is 1. The van der Waals surface area contributed by atoms with Gasteiger partial charge in [-0.15, -0.1) is 0 Å². The highest BCUT2D eigenvalue weighted by Gasteiger charge is 2.36. The van der Waals surface area contributed by atoms with Gasteiger partial charge >= 0.3 is 0 Å². The summed E-state index contributed by atoms with van der Waals surface area (Å²) in [5.74, 6) is 0.571. The first-order valence-corrected chi connectivity index (χ1v) is 11.6. The molecule has 3 aliphatic heterocycles. The van der Waals surface area contributed by atoms with Crippen LogP contribution in [0.15, 0.2) is 36.4 Å². The average Bonchev–Trinajstić information content (AvgIpc) is 3.21. The Balaban J connectivity index is 1.30. The van der Waals surface area contributed by atoms with Crippen molar-refractivity contribution in [1.29, 1.82) is 0 Å². The third-order valence-corrected chi connectivity index (χ3v) is 6.63. The Kier molecular flexibility index (Phi) is 6.03. The second-order valence-electron chi connectivity index (χ2n) is 8.67. The van der Waals surface area contributed by atoms with Gasteiger partial charge in [0.25, 0.3) is 0 Å². The minimum absolute atomic E-state index is 0.0859. The fourth-order valence-corrected chi connectivity index (χ4v) is 4.67. The number of likely N-dealkylation sites (N-methyl/N-ethyl adjacent to an activating group) is 1. The van der Waals surface area contributed by atoms with E-state index in [2.05, 4.69) is 22.2 Å². The van der Waals surface area contributed by atoms with Gasteiger partial charge in [0.2, 0.25) is 11.8 Å². The summed E-state index contributed by atoms with van der Waals surface area (Å²) in [6.45, 7) is 4.97. The van der Waals surface area contributed by atoms with Crippen molar-refractivity contribution in [2.45, 2.75) is 6.42 Å². The molecule has 1 N–H and O–H groups in total. The Labute approximate surface area is 198 Å². The van der Waals surface area contributed by atoms with Crippen LogP contribution in [0.4, 0.5) is 17.1 Å². The maximum atomic E-state index is 13.2. The lowest BCUT2D eigenvalue weighted by Crippen LogP contribution is -2.44. The minimum Gasteiger partial charge on any atom is -0.486 e. The molecule has 0 bridgehead atoms. The van der Waals surface area contributed by atoms with Gasteiger partial charge in [0.1, 0.15) is 13.2 Å². The summed E-state index contributed by atoms with van der Waals surface area (Å²) in [6, 6.07) is 11.0. The topological polar surface area (TPSA) is 74.4 Å². The molecule has 9 heteroatoms. The fraction of sp³-hybridized carbons (Fsp3) is 0.417. The monoisotopic (exact) mass is 470 g/mol. The van der Waals surface area contributed by atoms with E-state index in [1.165, 1.54) is 0 Å². The molecule has 3 aliphatic rings. The van der Waals surface area contributed by atoms with E-state index in [1.807, 2.05) is 18.2 Å². The zero-order valence-electron chi connectivity index (χ0n) is 18.6. The molecule has 2 aromatic carbocycles. The Morgan fingerprint density at radius 3 is 2.58 bits per heavy atom. The van der Waals surface area contributed by atoms with E-state index in [1.54, 1.807) is 23.1 Å². The number of amides is 2. The maximum absolute atomic E-state index is 13.2. The maximum Gasteiger partial charge on any atom is 0.229 e. The summed E-state index contributed by atoms with van der Waals surface area (Å²) in [5, 5.41) is 3.60. The molecule has 0 unspecified atom stereocenters. The molecule has 0 aliphatic carbocycles. The molecule has 0 radical (unpaired) electrons. The van der Waals surface area contributed by atoms with Gasteiger partial charge in [0.15, 0.2) is 11.5 Å². The zero-order chi connectivity index (χ0) is 22.9. The lowest BCUT2D eigenvalue weighted by Gasteiger charge is -2.35. The number of piperazine rings is 1. The highest BCUT2D eigenvalue weighted by Crippen LogP contribution is 2.36. The summed E-state index contributed by atoms with van der Waals surface area (Å²) >= 11 is 6.24. The smallest absolute Gasteiger partial charge is 0.229 e. The number of rotatable bonds is 4. The second kappa shape index (κ2) is 9.11. The van der Waals surface area contributed by atoms with Crippen LogP contribution in [0.3, 0.4) is 0 Å². The fourth-order valence-electron chi connectivity index (χ4n) is 4.50. The quantitative estimate of drug-likeness (QED) is 0.740. The van der Waals surface area contributed by atoms with Crippen molar-refractivity contribution in [3.05, 3.63) is 41.4 Å². The summed E-state index contributed by atoms with van der Waals surface area (Å²) < 4.78 is 11.2. The predicted octanol–water partition coefficient (Wildman–Crippen LogP) is 2.85. The zero-order valence-corrected chi connectivity index (χ0v) is 19.3. The van der Waals surface area contributed by atoms with Crippen molar-refractivity contribution in [3.8, 4) is 11.5 Å². The number of nitrogens with one attached hydrogen (secondary N) is 1. The molecule has 0 aromatic heterocycles. The molecule has 33 heavy (non-hydrogen) atoms. The number of benzene rings is 2. The van der Waals surface area contributed by atoms with Gasteiger partial charge in [-0.1, -0.05) is 11.6 Å². The molecule has 2 amide bonds. The molecular formula is C24H27ClN4O4. The highest BCUT2D eigenvalue weighted by molar-refractivity contribution is 6.31. The normalized spacial score (nSPS) is 20.8. The number of fused-ring (bicyclic) bond motifs is 1. The molecule has 174 valence electrons. The largest absolute Gasteiger partial charge is 0.486 e. The number of carbonyl (C=O) groups is 2. The predicted molar refractivity (Wildman–Crippen MR) is 128 cm³/mol. The number of anilines is 3. The first-order valence-electron chi connectivity index (χ1n) is 11.2. The molecular weight excluding hydrogens is 444 g/mol. The lowest BCUT2D eigenvalue weighted by molar-refractivity contribution is -0.122. The Morgan fingerprint density at radius 1 is 1.03 bits per heavy atom. The van der Waals surface area contributed by atoms with Crippen molar-refractivity contribution in [2.75, 3.05) is 68.1 Å². The van der Waals surface area contributed by atoms with E-state index in [-0.39, 0.29) is 18.2 Å². The SMILES string of the molecule is CN1CCN(c2ccc(Cl)cc2NC(=O)[C@@H]2CC(=O)N(c3ccc4c(c3)OCCO4)C2)CC1. The molecule has 2 fully saturated rings. The van der Waals surface area contributed by atoms with Crippen LogP contribution in [0.5, 0.6) is 11.5 Å². The molecule has 2 saturated heterocycles. The van der Waals surface area contributed by atoms with Crippen LogP contribution < -0.4 is 24.6 Å². The van der Waals surface area contributed by atoms with Gasteiger partial charge in [-0.3, -0.25) is 9.59 Å². The van der Waals surface area contributed by atoms with E-state index in [0.717, 1.165) is 31.9 Å². The Hall–Kier alpha value is -2.97. The molecule has 8 nitrogen and oxygen atoms in total. The van der Waals surface area contributed by atoms with Crippen LogP contribution in [-0.4, -0.2) is 69.7 Å². The number of nitrogens with zero attached hydrogens (tertiary/aromatic N) is 3. The van der Waals surface area contributed by atoms with Crippen LogP contribution in [0.25, 0.3) is 0 Å². The van der Waals surface area contributed by atoms with Gasteiger partial charge in [0.05, 0.1) is 17.3 Å². The molecule has 2 aromatic rings. The van der Waals surface area contributed by atoms with Crippen LogP contribution in [0.1, 0.15) is 6.42 Å². The van der Waals surface area contributed by atoms with Crippen LogP contribution >= 0.6 is 11.6 Å². The van der Waals surface area contributed by atoms with E-state index in [0.29, 0.717) is 47.7 Å². The van der Waals surface area contributed by atoms with Crippen LogP contribution in [-0.2, 0) is 9.59 Å². The first kappa shape index (κ1) is 21.9. The van der Waals surface area contributed by atoms with E-state index in [4.69, 9.17) is 21.1 Å². The van der Waals surface area contributed by atoms with Crippen LogP contribution in [0.2, 0.25) is 5.02 Å². The third-order valence-electron chi connectivity index (χ3n) is 6.39. The van der Waals surface area contributed by atoms with Gasteiger partial charge in [-0.25, -0.2) is 0 Å². The Morgan fingerprint density at radius 2 is 1.79 bits per heavy atom. The van der Waals surface area contributed by atoms with E-state index >= 15 is 0 Å². The number of carbonyl (C=O) groups excluding carboxylic acids is 2. The van der Waals surface area contributed by atoms with Crippen LogP contribution in [0, 0.1) is 5.92 Å². The average molecular weight is 471 g/mol. The van der Waals surface area contributed by atoms with E-state index < -0.39 is 5.92 Å². The highest BCUT2D eigenvalue weighted by atomic mass is 35.5. The van der Waals surface area contributed by atoms with Crippen molar-refractivity contribution in [1.82, 2.24) is 4.90 Å². The third kappa shape index (κ3) is 4.58. The van der Waals surface area contributed by atoms with Gasteiger partial charge in [0, 0.05) is 55.9 Å². The lowest BCUT2D eigenvalue weighted by atomic mass is 10.1. The molecule has 1 atom stereocenters. The summed E-state index contributed by atoms with van der Waals surface area (Å²) in [7, 11) is 2.10. The van der Waals surface area contributed by atoms with Crippen molar-refractivity contribution in [2.24, 2.45) is 5.92 Å². The summed E-state index contributed by atoms with van der Waals surface area (Å²) in [6.07, 6.45) is 0.157. The van der Waals surface area contributed by atoms with Gasteiger partial charge in [-0.05, 0) is 37.4 Å². The molecule has 0 saturated carbocycles. The number of halogens is 1. The van der Waals surface area contributed by atoms with Crippen molar-refractivity contribution < 1.29 is 19.1 Å². The number of hydrogen-bond acceptors (Lipinski definition) is 6.